The smallest absolute Gasteiger partial charge is 0.414 e. The van der Waals surface area contributed by atoms with E-state index in [-0.39, 0.29) is 99.0 Å². The maximum absolute atomic E-state index is 14.6. The third-order valence-electron chi connectivity index (χ3n) is 19.6. The summed E-state index contributed by atoms with van der Waals surface area (Å²) in [6, 6.07) is 16.6. The summed E-state index contributed by atoms with van der Waals surface area (Å²) in [4.78, 5) is 167. The zero-order chi connectivity index (χ0) is 76.9. The SMILES string of the molecule is C=C[C@H](NC(=O)[C@H](C(C)C)N(C)CCc1ccc(N(C)C(=O)OCc2ccc(NC(=O)[C@H](CCCNC(N)=O)NC(=O)[C@H](C)NC(=O)CCCCCN3C(=O)CC(C)C3=O)cc2)cc1)C(=O)N(C)[C@@H]([C@@H](C)CC)[C@@H](CC(=O)N1CCC[C@H]1[C@H](OC)[C@@H](C)C(=O)N[C@@H](Cc1ccccc1)C(=O)OC)OC. The molecule has 2 heterocycles. The molecule has 12 atom stereocenters. The van der Waals surface area contributed by atoms with Gasteiger partial charge in [-0.1, -0.05) is 115 Å². The molecule has 0 aromatic heterocycles. The van der Waals surface area contributed by atoms with E-state index in [9.17, 15) is 57.5 Å². The Kier molecular flexibility index (Phi) is 34.9. The van der Waals surface area contributed by atoms with Crippen molar-refractivity contribution < 1.29 is 76.5 Å². The number of ether oxygens (including phenoxy) is 4. The number of esters is 1. The highest BCUT2D eigenvalue weighted by Gasteiger charge is 2.44. The number of likely N-dealkylation sites (N-methyl/N-ethyl adjacent to an activating group) is 2. The van der Waals surface area contributed by atoms with Crippen LogP contribution in [-0.2, 0) is 86.3 Å². The van der Waals surface area contributed by atoms with Crippen LogP contribution in [0.15, 0.2) is 91.5 Å². The van der Waals surface area contributed by atoms with Crippen molar-refractivity contribution in [3.05, 3.63) is 108 Å². The quantitative estimate of drug-likeness (QED) is 0.0153. The number of benzene rings is 3. The van der Waals surface area contributed by atoms with Crippen LogP contribution < -0.4 is 42.5 Å². The predicted molar refractivity (Wildman–Crippen MR) is 393 cm³/mol. The number of likely N-dealkylation sites (tertiary alicyclic amines) is 2. The van der Waals surface area contributed by atoms with Crippen molar-refractivity contribution in [1.82, 2.24) is 46.2 Å². The Morgan fingerprint density at radius 2 is 1.41 bits per heavy atom. The number of imide groups is 1. The molecule has 5 rings (SSSR count). The third kappa shape index (κ3) is 25.3. The van der Waals surface area contributed by atoms with E-state index in [4.69, 9.17) is 24.7 Å². The predicted octanol–water partition coefficient (Wildman–Crippen LogP) is 5.78. The van der Waals surface area contributed by atoms with Gasteiger partial charge in [0.2, 0.25) is 53.2 Å². The summed E-state index contributed by atoms with van der Waals surface area (Å²) >= 11 is 0. The van der Waals surface area contributed by atoms with Crippen LogP contribution in [0.5, 0.6) is 0 Å². The molecule has 3 aromatic carbocycles. The molecule has 2 fully saturated rings. The average Bonchev–Trinajstić information content (AvgIpc) is 1.42. The van der Waals surface area contributed by atoms with Gasteiger partial charge in [-0.3, -0.25) is 57.9 Å². The van der Waals surface area contributed by atoms with Gasteiger partial charge in [-0.25, -0.2) is 14.4 Å². The number of amides is 12. The molecule has 0 radical (unpaired) electrons. The highest BCUT2D eigenvalue weighted by molar-refractivity contribution is 6.03. The first-order chi connectivity index (χ1) is 49.5. The molecule has 28 nitrogen and oxygen atoms in total. The lowest BCUT2D eigenvalue weighted by Crippen LogP contribution is -2.58. The topological polar surface area (TPSA) is 356 Å². The van der Waals surface area contributed by atoms with Gasteiger partial charge in [-0.15, -0.1) is 6.58 Å². The van der Waals surface area contributed by atoms with Crippen LogP contribution >= 0.6 is 0 Å². The van der Waals surface area contributed by atoms with Crippen molar-refractivity contribution in [3.8, 4) is 0 Å². The average molecular weight is 1450 g/mol. The molecule has 8 N–H and O–H groups in total. The number of hydrogen-bond donors (Lipinski definition) is 7. The Bertz CT molecular complexity index is 3380. The van der Waals surface area contributed by atoms with Gasteiger partial charge >= 0.3 is 18.1 Å². The molecule has 1 unspecified atom stereocenters. The van der Waals surface area contributed by atoms with Crippen LogP contribution in [0.2, 0.25) is 0 Å². The molecule has 0 spiro atoms. The Morgan fingerprint density at radius 1 is 0.750 bits per heavy atom. The number of primary amides is 1. The second kappa shape index (κ2) is 42.5. The summed E-state index contributed by atoms with van der Waals surface area (Å²) in [5.74, 6) is -5.42. The molecule has 0 bridgehead atoms. The van der Waals surface area contributed by atoms with Crippen molar-refractivity contribution in [2.75, 3.05) is 78.9 Å². The molecule has 28 heteroatoms. The van der Waals surface area contributed by atoms with Gasteiger partial charge in [-0.05, 0) is 112 Å². The fourth-order valence-electron chi connectivity index (χ4n) is 13.4. The van der Waals surface area contributed by atoms with Gasteiger partial charge in [-0.2, -0.15) is 0 Å². The van der Waals surface area contributed by atoms with Crippen molar-refractivity contribution in [3.63, 3.8) is 0 Å². The highest BCUT2D eigenvalue weighted by Crippen LogP contribution is 2.31. The van der Waals surface area contributed by atoms with Gasteiger partial charge < -0.3 is 66.4 Å². The lowest BCUT2D eigenvalue weighted by atomic mass is 9.90. The first-order valence-electron chi connectivity index (χ1n) is 36.0. The van der Waals surface area contributed by atoms with E-state index in [1.807, 2.05) is 82.1 Å². The van der Waals surface area contributed by atoms with Crippen LogP contribution in [0.4, 0.5) is 21.0 Å². The lowest BCUT2D eigenvalue weighted by Gasteiger charge is -2.40. The summed E-state index contributed by atoms with van der Waals surface area (Å²) in [6.45, 7) is 17.9. The zero-order valence-corrected chi connectivity index (χ0v) is 62.9. The van der Waals surface area contributed by atoms with Gasteiger partial charge in [0.1, 0.15) is 30.8 Å². The number of nitrogens with zero attached hydrogens (tertiary/aromatic N) is 5. The van der Waals surface area contributed by atoms with E-state index >= 15 is 0 Å². The van der Waals surface area contributed by atoms with E-state index in [0.29, 0.717) is 81.5 Å². The molecule has 2 aliphatic rings. The molecule has 2 aliphatic heterocycles. The van der Waals surface area contributed by atoms with Crippen LogP contribution in [0.1, 0.15) is 136 Å². The fourth-order valence-corrected chi connectivity index (χ4v) is 13.4. The minimum absolute atomic E-state index is 0.0903. The van der Waals surface area contributed by atoms with Crippen LogP contribution in [0.3, 0.4) is 0 Å². The number of hydrogen-bond acceptors (Lipinski definition) is 17. The van der Waals surface area contributed by atoms with Crippen LogP contribution in [-0.4, -0.2) is 214 Å². The molecule has 2 saturated heterocycles. The van der Waals surface area contributed by atoms with E-state index in [0.717, 1.165) is 11.1 Å². The van der Waals surface area contributed by atoms with Crippen molar-refractivity contribution in [2.24, 2.45) is 29.4 Å². The monoisotopic (exact) mass is 1450 g/mol. The highest BCUT2D eigenvalue weighted by atomic mass is 16.6. The zero-order valence-electron chi connectivity index (χ0n) is 62.9. The number of urea groups is 1. The minimum atomic E-state index is -1.13. The number of nitrogens with two attached hydrogens (primary N) is 1. The summed E-state index contributed by atoms with van der Waals surface area (Å²) in [6.07, 6.45) is 4.13. The van der Waals surface area contributed by atoms with Crippen molar-refractivity contribution in [1.29, 1.82) is 0 Å². The lowest BCUT2D eigenvalue weighted by molar-refractivity contribution is -0.148. The molecule has 104 heavy (non-hydrogen) atoms. The number of carbonyl (C=O) groups is 12. The van der Waals surface area contributed by atoms with E-state index in [2.05, 4.69) is 38.5 Å². The second-order valence-electron chi connectivity index (χ2n) is 27.6. The molecule has 3 aromatic rings. The molecular formula is C76H112N12O16. The number of carbonyl (C=O) groups excluding carboxylic acids is 12. The molecule has 0 saturated carbocycles. The summed E-state index contributed by atoms with van der Waals surface area (Å²) in [5.41, 5.74) is 8.54. The number of methoxy groups -OCH3 is 3. The summed E-state index contributed by atoms with van der Waals surface area (Å²) in [7, 11) is 9.33. The van der Waals surface area contributed by atoms with E-state index < -0.39 is 102 Å². The van der Waals surface area contributed by atoms with Crippen molar-refractivity contribution >= 4 is 82.6 Å². The van der Waals surface area contributed by atoms with E-state index in [1.54, 1.807) is 74.1 Å². The van der Waals surface area contributed by atoms with Crippen molar-refractivity contribution in [2.45, 2.75) is 193 Å². The number of nitrogens with one attached hydrogen (secondary N) is 6. The molecule has 572 valence electrons. The maximum atomic E-state index is 14.6. The fraction of sp³-hybridized carbons (Fsp3) is 0.579. The first kappa shape index (κ1) is 85.4. The summed E-state index contributed by atoms with van der Waals surface area (Å²) < 4.78 is 22.7. The third-order valence-corrected chi connectivity index (χ3v) is 19.6. The Morgan fingerprint density at radius 3 is 2.01 bits per heavy atom. The van der Waals surface area contributed by atoms with Gasteiger partial charge in [0.15, 0.2) is 0 Å². The van der Waals surface area contributed by atoms with Gasteiger partial charge in [0, 0.05) is 91.0 Å². The number of rotatable bonds is 42. The standard InChI is InChI=1S/C76H112N12O16/c1-15-48(5)66(61(101-12)45-64(91)87-41-24-28-60(87)67(102-13)50(7)68(92)83-59(74(98)103-14)44-53-25-19-17-20-26-53)86(11)73(97)57(16-2)81-71(95)65(47(3)4)84(9)42-38-52-32-36-56(37-33-52)85(10)76(100)104-46-54-30-34-55(35-31-54)80-70(94)58(27-23-39-78-75(77)99)82-69(93)51(8)79-62(89)29-21-18-22-40-88-63(90)43-49(6)72(88)96/h16-17,19-20,25-26,30-37,47-51,57-61,65-67H,2,15,18,21-24,27-29,38-46H2,1,3-14H3,(H,79,89)(H,80,94)(H,81,95)(H,82,93)(H,83,92)(H3,77,78,99)/t48-,49?,50+,51-,57-,58-,59-,60-,61+,65-,66-,67+/m0/s1. The molecule has 0 aliphatic carbocycles. The van der Waals surface area contributed by atoms with Crippen LogP contribution in [0, 0.1) is 23.7 Å². The largest absolute Gasteiger partial charge is 0.467 e. The molecule has 12 amide bonds. The number of anilines is 2. The molecular weight excluding hydrogens is 1340 g/mol. The van der Waals surface area contributed by atoms with Crippen LogP contribution in [0.25, 0.3) is 0 Å². The van der Waals surface area contributed by atoms with E-state index in [1.165, 1.54) is 44.1 Å². The van der Waals surface area contributed by atoms with Gasteiger partial charge in [0.25, 0.3) is 0 Å². The summed E-state index contributed by atoms with van der Waals surface area (Å²) in [5, 5.41) is 16.4. The second-order valence-corrected chi connectivity index (χ2v) is 27.6. The van der Waals surface area contributed by atoms with Gasteiger partial charge in [0.05, 0.1) is 49.8 Å². The normalized spacial score (nSPS) is 17.2. The minimum Gasteiger partial charge on any atom is -0.467 e. The first-order valence-corrected chi connectivity index (χ1v) is 36.0. The Balaban J connectivity index is 1.10. The Labute approximate surface area is 612 Å². The maximum Gasteiger partial charge on any atom is 0.414 e. The Hall–Kier alpha value is -9.28. The number of unbranched alkanes of at least 4 members (excludes halogenated alkanes) is 2.